The molecule has 1 amide bonds. The Labute approximate surface area is 202 Å². The van der Waals surface area contributed by atoms with E-state index in [4.69, 9.17) is 14.7 Å². The molecule has 2 unspecified atom stereocenters. The third-order valence-corrected chi connectivity index (χ3v) is 7.39. The Morgan fingerprint density at radius 3 is 2.20 bits per heavy atom. The Bertz CT molecular complexity index is 1260. The maximum Gasteiger partial charge on any atom is 0.410 e. The van der Waals surface area contributed by atoms with Crippen LogP contribution in [0.4, 0.5) is 4.79 Å². The molecule has 2 aromatic carbocycles. The van der Waals surface area contributed by atoms with Crippen molar-refractivity contribution in [1.82, 2.24) is 14.9 Å². The van der Waals surface area contributed by atoms with E-state index in [1.165, 1.54) is 34.6 Å². The van der Waals surface area contributed by atoms with Crippen molar-refractivity contribution in [3.05, 3.63) is 83.4 Å². The SMILES string of the molecule is N#Cc1ncc(C2(O)CC3COCC(C2)N3C(=O)OCC2c3ccccc3-c3ccccc32)cn1. The fraction of sp³-hybridized carbons (Fsp3) is 0.333. The fourth-order valence-electron chi connectivity index (χ4n) is 5.80. The number of fused-ring (bicyclic) bond motifs is 5. The molecule has 2 bridgehead atoms. The van der Waals surface area contributed by atoms with Crippen LogP contribution in [0.3, 0.4) is 0 Å². The number of hydrogen-bond acceptors (Lipinski definition) is 7. The van der Waals surface area contributed by atoms with Gasteiger partial charge in [-0.05, 0) is 22.3 Å². The molecular weight excluding hydrogens is 444 g/mol. The first-order chi connectivity index (χ1) is 17.1. The predicted molar refractivity (Wildman–Crippen MR) is 125 cm³/mol. The minimum absolute atomic E-state index is 0.0139. The lowest BCUT2D eigenvalue weighted by molar-refractivity contribution is -0.136. The standard InChI is InChI=1S/C27H24N4O4/c28-11-25-29-12-17(13-30-25)27(33)9-18-14-34-15-19(10-27)31(18)26(32)35-16-24-22-7-3-1-5-20(22)21-6-2-4-8-23(21)24/h1-8,12-13,18-19,24,33H,9-10,14-16H2. The van der Waals surface area contributed by atoms with Crippen molar-refractivity contribution in [2.45, 2.75) is 36.4 Å². The lowest BCUT2D eigenvalue weighted by atomic mass is 9.78. The highest BCUT2D eigenvalue weighted by molar-refractivity contribution is 5.79. The van der Waals surface area contributed by atoms with Crippen LogP contribution in [0, 0.1) is 11.3 Å². The zero-order chi connectivity index (χ0) is 24.0. The van der Waals surface area contributed by atoms with Crippen LogP contribution < -0.4 is 0 Å². The second-order valence-electron chi connectivity index (χ2n) is 9.40. The number of piperidine rings is 1. The number of morpholine rings is 1. The highest BCUT2D eigenvalue weighted by Crippen LogP contribution is 2.45. The molecule has 2 fully saturated rings. The third-order valence-electron chi connectivity index (χ3n) is 7.39. The lowest BCUT2D eigenvalue weighted by Crippen LogP contribution is -2.62. The normalized spacial score (nSPS) is 24.9. The number of nitriles is 1. The second-order valence-corrected chi connectivity index (χ2v) is 9.40. The maximum atomic E-state index is 13.3. The topological polar surface area (TPSA) is 109 Å². The Kier molecular flexibility index (Phi) is 5.24. The molecule has 3 aromatic rings. The number of carbonyl (C=O) groups is 1. The zero-order valence-electron chi connectivity index (χ0n) is 19.0. The van der Waals surface area contributed by atoms with Crippen molar-refractivity contribution >= 4 is 6.09 Å². The van der Waals surface area contributed by atoms with E-state index in [1.807, 2.05) is 30.3 Å². The van der Waals surface area contributed by atoms with Crippen LogP contribution in [0.1, 0.15) is 41.3 Å². The van der Waals surface area contributed by atoms with Crippen molar-refractivity contribution in [2.75, 3.05) is 19.8 Å². The van der Waals surface area contributed by atoms with Crippen molar-refractivity contribution in [3.8, 4) is 17.2 Å². The molecule has 35 heavy (non-hydrogen) atoms. The summed E-state index contributed by atoms with van der Waals surface area (Å²) >= 11 is 0. The van der Waals surface area contributed by atoms with Gasteiger partial charge in [-0.25, -0.2) is 14.8 Å². The van der Waals surface area contributed by atoms with Crippen LogP contribution in [-0.2, 0) is 15.1 Å². The number of nitrogens with zero attached hydrogens (tertiary/aromatic N) is 4. The third kappa shape index (κ3) is 3.64. The van der Waals surface area contributed by atoms with Crippen LogP contribution in [-0.4, -0.2) is 58.0 Å². The molecule has 8 heteroatoms. The van der Waals surface area contributed by atoms with Gasteiger partial charge in [0.1, 0.15) is 12.7 Å². The van der Waals surface area contributed by atoms with Crippen molar-refractivity contribution in [1.29, 1.82) is 5.26 Å². The van der Waals surface area contributed by atoms with E-state index in [0.717, 1.165) is 0 Å². The summed E-state index contributed by atoms with van der Waals surface area (Å²) < 4.78 is 11.6. The summed E-state index contributed by atoms with van der Waals surface area (Å²) in [7, 11) is 0. The van der Waals surface area contributed by atoms with Gasteiger partial charge in [-0.15, -0.1) is 0 Å². The molecule has 2 saturated heterocycles. The molecule has 2 aliphatic heterocycles. The molecule has 2 atom stereocenters. The van der Waals surface area contributed by atoms with Gasteiger partial charge in [0.15, 0.2) is 0 Å². The van der Waals surface area contributed by atoms with E-state index < -0.39 is 5.60 Å². The molecule has 0 radical (unpaired) electrons. The summed E-state index contributed by atoms with van der Waals surface area (Å²) in [6, 6.07) is 17.7. The number of benzene rings is 2. The molecule has 176 valence electrons. The van der Waals surface area contributed by atoms with Crippen LogP contribution in [0.5, 0.6) is 0 Å². The van der Waals surface area contributed by atoms with Gasteiger partial charge in [-0.2, -0.15) is 5.26 Å². The number of ether oxygens (including phenoxy) is 2. The smallest absolute Gasteiger partial charge is 0.410 e. The van der Waals surface area contributed by atoms with Crippen LogP contribution in [0.2, 0.25) is 0 Å². The van der Waals surface area contributed by atoms with Gasteiger partial charge in [-0.1, -0.05) is 48.5 Å². The van der Waals surface area contributed by atoms with Crippen LogP contribution in [0.25, 0.3) is 11.1 Å². The molecule has 0 spiro atoms. The van der Waals surface area contributed by atoms with Gasteiger partial charge >= 0.3 is 6.09 Å². The van der Waals surface area contributed by atoms with E-state index in [0.29, 0.717) is 18.8 Å². The summed E-state index contributed by atoms with van der Waals surface area (Å²) in [4.78, 5) is 23.1. The zero-order valence-corrected chi connectivity index (χ0v) is 19.0. The monoisotopic (exact) mass is 468 g/mol. The van der Waals surface area contributed by atoms with E-state index in [-0.39, 0.29) is 49.4 Å². The minimum Gasteiger partial charge on any atom is -0.448 e. The highest BCUT2D eigenvalue weighted by atomic mass is 16.6. The number of carbonyl (C=O) groups excluding carboxylic acids is 1. The average Bonchev–Trinajstić information content (AvgIpc) is 3.20. The summed E-state index contributed by atoms with van der Waals surface area (Å²) in [5.74, 6) is 0.0388. The molecule has 1 aliphatic carbocycles. The molecule has 3 aliphatic rings. The molecule has 8 nitrogen and oxygen atoms in total. The lowest BCUT2D eigenvalue weighted by Gasteiger charge is -2.50. The maximum absolute atomic E-state index is 13.3. The van der Waals surface area contributed by atoms with E-state index >= 15 is 0 Å². The predicted octanol–water partition coefficient (Wildman–Crippen LogP) is 3.35. The molecule has 1 N–H and O–H groups in total. The van der Waals surface area contributed by atoms with Crippen molar-refractivity contribution in [2.24, 2.45) is 0 Å². The number of aromatic nitrogens is 2. The Morgan fingerprint density at radius 2 is 1.63 bits per heavy atom. The number of amides is 1. The Balaban J connectivity index is 1.20. The summed E-state index contributed by atoms with van der Waals surface area (Å²) in [6.45, 7) is 0.887. The largest absolute Gasteiger partial charge is 0.448 e. The molecule has 3 heterocycles. The second kappa shape index (κ2) is 8.45. The first kappa shape index (κ1) is 21.7. The number of aliphatic hydroxyl groups is 1. The number of hydrogen-bond donors (Lipinski definition) is 1. The Morgan fingerprint density at radius 1 is 1.06 bits per heavy atom. The van der Waals surface area contributed by atoms with Gasteiger partial charge < -0.3 is 14.6 Å². The first-order valence-electron chi connectivity index (χ1n) is 11.7. The van der Waals surface area contributed by atoms with Gasteiger partial charge in [0, 0.05) is 36.7 Å². The summed E-state index contributed by atoms with van der Waals surface area (Å²) in [5.41, 5.74) is 4.04. The molecule has 6 rings (SSSR count). The van der Waals surface area contributed by atoms with E-state index in [1.54, 1.807) is 4.90 Å². The minimum atomic E-state index is -1.20. The van der Waals surface area contributed by atoms with Gasteiger partial charge in [0.2, 0.25) is 5.82 Å². The molecule has 1 aromatic heterocycles. The van der Waals surface area contributed by atoms with E-state index in [9.17, 15) is 9.90 Å². The quantitative estimate of drug-likeness (QED) is 0.628. The van der Waals surface area contributed by atoms with Crippen LogP contribution in [0.15, 0.2) is 60.9 Å². The summed E-state index contributed by atoms with van der Waals surface area (Å²) in [5, 5.41) is 20.4. The van der Waals surface area contributed by atoms with Crippen molar-refractivity contribution < 1.29 is 19.4 Å². The number of rotatable bonds is 3. The fourth-order valence-corrected chi connectivity index (χ4v) is 5.80. The van der Waals surface area contributed by atoms with Gasteiger partial charge in [0.25, 0.3) is 0 Å². The summed E-state index contributed by atoms with van der Waals surface area (Å²) in [6.07, 6.45) is 3.16. The Hall–Kier alpha value is -3.80. The van der Waals surface area contributed by atoms with E-state index in [2.05, 4.69) is 34.2 Å². The highest BCUT2D eigenvalue weighted by Gasteiger charge is 2.50. The first-order valence-corrected chi connectivity index (χ1v) is 11.7. The average molecular weight is 469 g/mol. The van der Waals surface area contributed by atoms with Gasteiger partial charge in [-0.3, -0.25) is 4.90 Å². The molecular formula is C27H24N4O4. The van der Waals surface area contributed by atoms with Gasteiger partial charge in [0.05, 0.1) is 30.9 Å². The molecule has 0 saturated carbocycles. The van der Waals surface area contributed by atoms with Crippen molar-refractivity contribution in [3.63, 3.8) is 0 Å². The van der Waals surface area contributed by atoms with Crippen LogP contribution >= 0.6 is 0 Å².